The van der Waals surface area contributed by atoms with Gasteiger partial charge in [-0.05, 0) is 58.2 Å². The highest BCUT2D eigenvalue weighted by molar-refractivity contribution is 7.18. The molecule has 4 aromatic rings. The largest absolute Gasteiger partial charge is 0.381 e. The number of piperidine rings is 1. The van der Waals surface area contributed by atoms with Gasteiger partial charge < -0.3 is 10.2 Å². The zero-order chi connectivity index (χ0) is 23.8. The zero-order valence-corrected chi connectivity index (χ0v) is 21.2. The van der Waals surface area contributed by atoms with E-state index in [4.69, 9.17) is 4.98 Å². The van der Waals surface area contributed by atoms with Gasteiger partial charge in [0, 0.05) is 48.5 Å². The van der Waals surface area contributed by atoms with Gasteiger partial charge >= 0.3 is 0 Å². The molecule has 0 radical (unpaired) electrons. The second-order valence-corrected chi connectivity index (χ2v) is 10.5. The Morgan fingerprint density at radius 2 is 2.03 bits per heavy atom. The summed E-state index contributed by atoms with van der Waals surface area (Å²) in [5.74, 6) is 0. The van der Waals surface area contributed by atoms with E-state index in [2.05, 4.69) is 77.9 Å². The average Bonchev–Trinajstić information content (AvgIpc) is 3.45. The van der Waals surface area contributed by atoms with Crippen molar-refractivity contribution in [3.63, 3.8) is 0 Å². The highest BCUT2D eigenvalue weighted by Gasteiger charge is 2.24. The van der Waals surface area contributed by atoms with Gasteiger partial charge in [-0.3, -0.25) is 10.1 Å². The number of likely N-dealkylation sites (tertiary alicyclic amines) is 1. The van der Waals surface area contributed by atoms with Crippen molar-refractivity contribution >= 4 is 27.9 Å². The molecule has 4 heterocycles. The van der Waals surface area contributed by atoms with Gasteiger partial charge in [-0.2, -0.15) is 5.10 Å². The third kappa shape index (κ3) is 4.38. The Morgan fingerprint density at radius 3 is 2.74 bits per heavy atom. The van der Waals surface area contributed by atoms with E-state index in [-0.39, 0.29) is 0 Å². The van der Waals surface area contributed by atoms with Gasteiger partial charge in [0.2, 0.25) is 0 Å². The highest BCUT2D eigenvalue weighted by atomic mass is 32.1. The van der Waals surface area contributed by atoms with Crippen LogP contribution in [0.2, 0.25) is 0 Å². The SMILES string of the molecule is C=C(NC1CCN(C(C)C)CC1)c1nc(-c2[nH]nc3c(C)cc(C)cc23)sc1-c1cccnc1. The van der Waals surface area contributed by atoms with E-state index in [1.165, 1.54) is 11.1 Å². The standard InChI is InChI=1S/C27H32N6S/c1-16(2)33-11-8-21(9-12-33)29-19(5)24-26(20-7-6-10-28-15-20)34-27(30-24)25-22-14-17(3)13-18(4)23(22)31-32-25/h6-7,10,13-16,21,29H,5,8-9,11-12H2,1-4H3,(H,31,32). The number of rotatable bonds is 6. The van der Waals surface area contributed by atoms with E-state index < -0.39 is 0 Å². The molecule has 6 nitrogen and oxygen atoms in total. The third-order valence-electron chi connectivity index (χ3n) is 6.68. The molecule has 2 N–H and O–H groups in total. The van der Waals surface area contributed by atoms with Crippen molar-refractivity contribution in [3.8, 4) is 21.1 Å². The molecular formula is C27H32N6S. The van der Waals surface area contributed by atoms with Crippen molar-refractivity contribution in [1.82, 2.24) is 30.4 Å². The Bertz CT molecular complexity index is 1310. The van der Waals surface area contributed by atoms with Gasteiger partial charge in [0.15, 0.2) is 0 Å². The van der Waals surface area contributed by atoms with Crippen molar-refractivity contribution in [3.05, 3.63) is 60.1 Å². The molecule has 0 unspecified atom stereocenters. The first kappa shape index (κ1) is 22.7. The van der Waals surface area contributed by atoms with Crippen molar-refractivity contribution in [1.29, 1.82) is 0 Å². The minimum absolute atomic E-state index is 0.410. The quantitative estimate of drug-likeness (QED) is 0.371. The summed E-state index contributed by atoms with van der Waals surface area (Å²) in [6.45, 7) is 15.4. The summed E-state index contributed by atoms with van der Waals surface area (Å²) in [5.41, 5.74) is 7.16. The van der Waals surface area contributed by atoms with Gasteiger partial charge in [0.1, 0.15) is 16.4 Å². The molecule has 1 aromatic carbocycles. The van der Waals surface area contributed by atoms with Crippen LogP contribution in [0.4, 0.5) is 0 Å². The predicted octanol–water partition coefficient (Wildman–Crippen LogP) is 5.80. The fourth-order valence-corrected chi connectivity index (χ4v) is 5.93. The number of nitrogens with zero attached hydrogens (tertiary/aromatic N) is 4. The van der Waals surface area contributed by atoms with E-state index in [1.807, 2.05) is 12.3 Å². The number of H-pyrrole nitrogens is 1. The summed E-state index contributed by atoms with van der Waals surface area (Å²) in [7, 11) is 0. The molecule has 176 valence electrons. The van der Waals surface area contributed by atoms with E-state index in [0.717, 1.165) is 69.4 Å². The number of aromatic amines is 1. The van der Waals surface area contributed by atoms with Crippen molar-refractivity contribution in [2.24, 2.45) is 0 Å². The molecule has 1 saturated heterocycles. The fourth-order valence-electron chi connectivity index (χ4n) is 4.83. The van der Waals surface area contributed by atoms with Gasteiger partial charge in [-0.1, -0.05) is 24.3 Å². The Balaban J connectivity index is 1.50. The van der Waals surface area contributed by atoms with Crippen molar-refractivity contribution in [2.75, 3.05) is 13.1 Å². The zero-order valence-electron chi connectivity index (χ0n) is 20.4. The first-order chi connectivity index (χ1) is 16.4. The van der Waals surface area contributed by atoms with E-state index in [0.29, 0.717) is 12.1 Å². The number of fused-ring (bicyclic) bond motifs is 1. The van der Waals surface area contributed by atoms with Crippen LogP contribution in [-0.4, -0.2) is 50.2 Å². The number of aryl methyl sites for hydroxylation is 2. The number of thiazole rings is 1. The number of hydrogen-bond acceptors (Lipinski definition) is 6. The molecule has 1 fully saturated rings. The highest BCUT2D eigenvalue weighted by Crippen LogP contribution is 2.39. The molecule has 0 amide bonds. The summed E-state index contributed by atoms with van der Waals surface area (Å²) in [5, 5.41) is 13.6. The maximum Gasteiger partial charge on any atom is 0.143 e. The molecule has 3 aromatic heterocycles. The molecule has 0 bridgehead atoms. The smallest absolute Gasteiger partial charge is 0.143 e. The number of aromatic nitrogens is 4. The van der Waals surface area contributed by atoms with E-state index in [9.17, 15) is 0 Å². The Kier molecular flexibility index (Phi) is 6.23. The molecule has 1 aliphatic rings. The van der Waals surface area contributed by atoms with Crippen LogP contribution in [0.3, 0.4) is 0 Å². The molecule has 1 aliphatic heterocycles. The number of pyridine rings is 1. The van der Waals surface area contributed by atoms with Crippen LogP contribution in [0.5, 0.6) is 0 Å². The van der Waals surface area contributed by atoms with Crippen molar-refractivity contribution in [2.45, 2.75) is 52.6 Å². The van der Waals surface area contributed by atoms with Crippen LogP contribution in [0, 0.1) is 13.8 Å². The molecule has 0 spiro atoms. The van der Waals surface area contributed by atoms with E-state index in [1.54, 1.807) is 17.5 Å². The lowest BCUT2D eigenvalue weighted by Crippen LogP contribution is -2.44. The Morgan fingerprint density at radius 1 is 1.24 bits per heavy atom. The lowest BCUT2D eigenvalue weighted by molar-refractivity contribution is 0.167. The van der Waals surface area contributed by atoms with Crippen LogP contribution in [0.15, 0.2) is 43.2 Å². The second kappa shape index (κ2) is 9.31. The predicted molar refractivity (Wildman–Crippen MR) is 142 cm³/mol. The molecule has 0 saturated carbocycles. The molecule has 0 atom stereocenters. The Labute approximate surface area is 205 Å². The summed E-state index contributed by atoms with van der Waals surface area (Å²) >= 11 is 1.66. The minimum atomic E-state index is 0.410. The maximum absolute atomic E-state index is 5.09. The lowest BCUT2D eigenvalue weighted by atomic mass is 10.0. The average molecular weight is 473 g/mol. The van der Waals surface area contributed by atoms with Crippen LogP contribution in [0.1, 0.15) is 43.5 Å². The topological polar surface area (TPSA) is 69.7 Å². The first-order valence-corrected chi connectivity index (χ1v) is 12.8. The number of hydrogen-bond donors (Lipinski definition) is 2. The molecule has 34 heavy (non-hydrogen) atoms. The molecule has 7 heteroatoms. The summed E-state index contributed by atoms with van der Waals surface area (Å²) in [6, 6.07) is 9.40. The number of benzene rings is 1. The fraction of sp³-hybridized carbons (Fsp3) is 0.370. The van der Waals surface area contributed by atoms with Crippen LogP contribution >= 0.6 is 11.3 Å². The summed E-state index contributed by atoms with van der Waals surface area (Å²) < 4.78 is 0. The number of nitrogens with one attached hydrogen (secondary N) is 2. The maximum atomic E-state index is 5.09. The normalized spacial score (nSPS) is 15.3. The molecule has 5 rings (SSSR count). The second-order valence-electron chi connectivity index (χ2n) is 9.54. The molecule has 0 aliphatic carbocycles. The van der Waals surface area contributed by atoms with Crippen LogP contribution < -0.4 is 5.32 Å². The monoisotopic (exact) mass is 472 g/mol. The van der Waals surface area contributed by atoms with Crippen LogP contribution in [0.25, 0.3) is 37.7 Å². The van der Waals surface area contributed by atoms with Gasteiger partial charge in [-0.15, -0.1) is 11.3 Å². The molecular weight excluding hydrogens is 440 g/mol. The summed E-state index contributed by atoms with van der Waals surface area (Å²) in [4.78, 5) is 13.1. The minimum Gasteiger partial charge on any atom is -0.381 e. The van der Waals surface area contributed by atoms with Crippen LogP contribution in [-0.2, 0) is 0 Å². The van der Waals surface area contributed by atoms with Gasteiger partial charge in [0.05, 0.1) is 16.1 Å². The first-order valence-electron chi connectivity index (χ1n) is 12.0. The van der Waals surface area contributed by atoms with Gasteiger partial charge in [0.25, 0.3) is 0 Å². The summed E-state index contributed by atoms with van der Waals surface area (Å²) in [6.07, 6.45) is 5.92. The van der Waals surface area contributed by atoms with E-state index >= 15 is 0 Å². The third-order valence-corrected chi connectivity index (χ3v) is 7.80. The van der Waals surface area contributed by atoms with Crippen molar-refractivity contribution < 1.29 is 0 Å². The lowest BCUT2D eigenvalue weighted by Gasteiger charge is -2.35. The van der Waals surface area contributed by atoms with Gasteiger partial charge in [-0.25, -0.2) is 4.98 Å². The Hall–Kier alpha value is -3.03.